The van der Waals surface area contributed by atoms with Crippen LogP contribution in [0.5, 0.6) is 5.75 Å². The zero-order chi connectivity index (χ0) is 15.7. The van der Waals surface area contributed by atoms with Gasteiger partial charge >= 0.3 is 0 Å². The van der Waals surface area contributed by atoms with Crippen molar-refractivity contribution in [2.24, 2.45) is 11.7 Å². The molecule has 1 aromatic carbocycles. The maximum Gasteiger partial charge on any atom is 0.227 e. The Bertz CT molecular complexity index is 415. The van der Waals surface area contributed by atoms with Gasteiger partial charge in [0.15, 0.2) is 0 Å². The number of amides is 1. The van der Waals surface area contributed by atoms with Gasteiger partial charge in [0.2, 0.25) is 5.91 Å². The standard InChI is InChI=1S/C17H28N2O2/c1-4-12-21-16-10-8-15(9-11-16)19-17(20)13(2)6-5-7-14(3)18/h8-11,13-14H,4-7,12,18H2,1-3H3,(H,19,20). The summed E-state index contributed by atoms with van der Waals surface area (Å²) in [6, 6.07) is 7.71. The van der Waals surface area contributed by atoms with E-state index in [1.165, 1.54) is 0 Å². The molecule has 3 N–H and O–H groups in total. The van der Waals surface area contributed by atoms with Gasteiger partial charge in [-0.05, 0) is 50.5 Å². The van der Waals surface area contributed by atoms with Gasteiger partial charge in [0, 0.05) is 17.6 Å². The minimum atomic E-state index is -0.000215. The van der Waals surface area contributed by atoms with E-state index in [1.54, 1.807) is 0 Å². The first-order valence-corrected chi connectivity index (χ1v) is 7.82. The summed E-state index contributed by atoms with van der Waals surface area (Å²) < 4.78 is 5.51. The molecule has 1 aromatic rings. The maximum absolute atomic E-state index is 12.1. The average molecular weight is 292 g/mol. The zero-order valence-electron chi connectivity index (χ0n) is 13.4. The maximum atomic E-state index is 12.1. The second kappa shape index (κ2) is 9.40. The fourth-order valence-electron chi connectivity index (χ4n) is 2.00. The smallest absolute Gasteiger partial charge is 0.227 e. The highest BCUT2D eigenvalue weighted by Crippen LogP contribution is 2.17. The number of anilines is 1. The molecule has 0 radical (unpaired) electrons. The summed E-state index contributed by atoms with van der Waals surface area (Å²) in [6.07, 6.45) is 3.79. The molecule has 21 heavy (non-hydrogen) atoms. The van der Waals surface area contributed by atoms with Crippen molar-refractivity contribution in [3.8, 4) is 5.75 Å². The van der Waals surface area contributed by atoms with E-state index < -0.39 is 0 Å². The van der Waals surface area contributed by atoms with Crippen molar-refractivity contribution in [1.82, 2.24) is 0 Å². The quantitative estimate of drug-likeness (QED) is 0.731. The number of nitrogens with one attached hydrogen (secondary N) is 1. The molecule has 0 fully saturated rings. The van der Waals surface area contributed by atoms with E-state index >= 15 is 0 Å². The molecule has 2 atom stereocenters. The van der Waals surface area contributed by atoms with Gasteiger partial charge in [0.1, 0.15) is 5.75 Å². The van der Waals surface area contributed by atoms with Crippen LogP contribution in [0.4, 0.5) is 5.69 Å². The number of rotatable bonds is 9. The molecule has 0 saturated carbocycles. The molecule has 4 heteroatoms. The van der Waals surface area contributed by atoms with Crippen LogP contribution in [-0.2, 0) is 4.79 Å². The monoisotopic (exact) mass is 292 g/mol. The van der Waals surface area contributed by atoms with E-state index in [2.05, 4.69) is 12.2 Å². The van der Waals surface area contributed by atoms with Gasteiger partial charge < -0.3 is 15.8 Å². The van der Waals surface area contributed by atoms with Gasteiger partial charge in [-0.3, -0.25) is 4.79 Å². The number of carbonyl (C=O) groups excluding carboxylic acids is 1. The summed E-state index contributed by atoms with van der Waals surface area (Å²) in [5.74, 6) is 0.890. The van der Waals surface area contributed by atoms with Gasteiger partial charge in [-0.1, -0.05) is 20.3 Å². The van der Waals surface area contributed by atoms with E-state index in [9.17, 15) is 4.79 Å². The van der Waals surface area contributed by atoms with Crippen molar-refractivity contribution in [2.75, 3.05) is 11.9 Å². The first-order valence-electron chi connectivity index (χ1n) is 7.82. The molecule has 0 saturated heterocycles. The highest BCUT2D eigenvalue weighted by atomic mass is 16.5. The van der Waals surface area contributed by atoms with Crippen molar-refractivity contribution in [1.29, 1.82) is 0 Å². The summed E-state index contributed by atoms with van der Waals surface area (Å²) >= 11 is 0. The SMILES string of the molecule is CCCOc1ccc(NC(=O)C(C)CCCC(C)N)cc1. The van der Waals surface area contributed by atoms with Crippen molar-refractivity contribution in [3.63, 3.8) is 0 Å². The lowest BCUT2D eigenvalue weighted by atomic mass is 10.0. The van der Waals surface area contributed by atoms with Crippen LogP contribution in [0.15, 0.2) is 24.3 Å². The summed E-state index contributed by atoms with van der Waals surface area (Å²) in [4.78, 5) is 12.1. The lowest BCUT2D eigenvalue weighted by Crippen LogP contribution is -2.21. The highest BCUT2D eigenvalue weighted by Gasteiger charge is 2.13. The van der Waals surface area contributed by atoms with Gasteiger partial charge in [-0.15, -0.1) is 0 Å². The van der Waals surface area contributed by atoms with Crippen LogP contribution in [0, 0.1) is 5.92 Å². The van der Waals surface area contributed by atoms with E-state index in [4.69, 9.17) is 10.5 Å². The van der Waals surface area contributed by atoms with Gasteiger partial charge in [0.25, 0.3) is 0 Å². The number of hydrogen-bond acceptors (Lipinski definition) is 3. The third-order valence-electron chi connectivity index (χ3n) is 3.34. The van der Waals surface area contributed by atoms with Crippen molar-refractivity contribution in [2.45, 2.75) is 52.5 Å². The molecule has 1 amide bonds. The minimum absolute atomic E-state index is 0.000215. The lowest BCUT2D eigenvalue weighted by molar-refractivity contribution is -0.119. The average Bonchev–Trinajstić information content (AvgIpc) is 2.46. The predicted octanol–water partition coefficient (Wildman–Crippen LogP) is 3.57. The van der Waals surface area contributed by atoms with Crippen LogP contribution < -0.4 is 15.8 Å². The third kappa shape index (κ3) is 7.14. The number of benzene rings is 1. The summed E-state index contributed by atoms with van der Waals surface area (Å²) in [5, 5.41) is 2.94. The summed E-state index contributed by atoms with van der Waals surface area (Å²) in [5.41, 5.74) is 6.52. The third-order valence-corrected chi connectivity index (χ3v) is 3.34. The second-order valence-electron chi connectivity index (χ2n) is 5.67. The Labute approximate surface area is 128 Å². The van der Waals surface area contributed by atoms with Gasteiger partial charge in [-0.25, -0.2) is 0 Å². The Kier molecular flexibility index (Phi) is 7.83. The second-order valence-corrected chi connectivity index (χ2v) is 5.67. The Morgan fingerprint density at radius 2 is 1.90 bits per heavy atom. The fraction of sp³-hybridized carbons (Fsp3) is 0.588. The van der Waals surface area contributed by atoms with Crippen LogP contribution in [-0.4, -0.2) is 18.6 Å². The molecular formula is C17H28N2O2. The molecule has 1 rings (SSSR count). The van der Waals surface area contributed by atoms with Crippen molar-refractivity contribution >= 4 is 11.6 Å². The lowest BCUT2D eigenvalue weighted by Gasteiger charge is -2.13. The minimum Gasteiger partial charge on any atom is -0.494 e. The molecule has 118 valence electrons. The Morgan fingerprint density at radius 3 is 2.48 bits per heavy atom. The molecule has 0 aromatic heterocycles. The Morgan fingerprint density at radius 1 is 1.24 bits per heavy atom. The largest absolute Gasteiger partial charge is 0.494 e. The zero-order valence-corrected chi connectivity index (χ0v) is 13.4. The highest BCUT2D eigenvalue weighted by molar-refractivity contribution is 5.92. The fourth-order valence-corrected chi connectivity index (χ4v) is 2.00. The van der Waals surface area contributed by atoms with E-state index in [0.717, 1.165) is 37.1 Å². The van der Waals surface area contributed by atoms with E-state index in [-0.39, 0.29) is 17.9 Å². The van der Waals surface area contributed by atoms with Crippen LogP contribution in [0.1, 0.15) is 46.5 Å². The van der Waals surface area contributed by atoms with Crippen LogP contribution in [0.3, 0.4) is 0 Å². The molecule has 0 heterocycles. The number of hydrogen-bond donors (Lipinski definition) is 2. The number of carbonyl (C=O) groups is 1. The summed E-state index contributed by atoms with van der Waals surface area (Å²) in [7, 11) is 0. The molecular weight excluding hydrogens is 264 g/mol. The predicted molar refractivity (Wildman–Crippen MR) is 87.5 cm³/mol. The normalized spacial score (nSPS) is 13.5. The van der Waals surface area contributed by atoms with Gasteiger partial charge in [-0.2, -0.15) is 0 Å². The molecule has 2 unspecified atom stereocenters. The molecule has 4 nitrogen and oxygen atoms in total. The molecule has 0 aliphatic rings. The van der Waals surface area contributed by atoms with Gasteiger partial charge in [0.05, 0.1) is 6.61 Å². The first kappa shape index (κ1) is 17.5. The molecule has 0 bridgehead atoms. The van der Waals surface area contributed by atoms with Crippen LogP contribution in [0.2, 0.25) is 0 Å². The van der Waals surface area contributed by atoms with Crippen LogP contribution >= 0.6 is 0 Å². The van der Waals surface area contributed by atoms with Crippen LogP contribution in [0.25, 0.3) is 0 Å². The van der Waals surface area contributed by atoms with Crippen molar-refractivity contribution in [3.05, 3.63) is 24.3 Å². The molecule has 0 aliphatic heterocycles. The van der Waals surface area contributed by atoms with E-state index in [1.807, 2.05) is 38.1 Å². The molecule has 0 spiro atoms. The molecule has 0 aliphatic carbocycles. The number of ether oxygens (including phenoxy) is 1. The van der Waals surface area contributed by atoms with Crippen molar-refractivity contribution < 1.29 is 9.53 Å². The topological polar surface area (TPSA) is 64.3 Å². The van der Waals surface area contributed by atoms with E-state index in [0.29, 0.717) is 6.61 Å². The Hall–Kier alpha value is -1.55. The first-order chi connectivity index (χ1) is 10.0. The number of nitrogens with two attached hydrogens (primary N) is 1. The Balaban J connectivity index is 2.39. The summed E-state index contributed by atoms with van der Waals surface area (Å²) in [6.45, 7) is 6.73.